The summed E-state index contributed by atoms with van der Waals surface area (Å²) in [4.78, 5) is 9.42. The molecule has 2 heterocycles. The van der Waals surface area contributed by atoms with Crippen molar-refractivity contribution in [2.24, 2.45) is 4.99 Å². The van der Waals surface area contributed by atoms with Crippen LogP contribution in [0.4, 0.5) is 0 Å². The molecular weight excluding hydrogens is 212 g/mol. The summed E-state index contributed by atoms with van der Waals surface area (Å²) < 4.78 is 0. The van der Waals surface area contributed by atoms with Crippen LogP contribution in [-0.2, 0) is 0 Å². The Bertz CT molecular complexity index is 264. The molecule has 0 saturated carbocycles. The van der Waals surface area contributed by atoms with E-state index in [9.17, 15) is 0 Å². The van der Waals surface area contributed by atoms with Crippen LogP contribution < -0.4 is 5.32 Å². The Labute approximate surface area is 105 Å². The van der Waals surface area contributed by atoms with Crippen molar-refractivity contribution in [2.45, 2.75) is 38.6 Å². The summed E-state index contributed by atoms with van der Waals surface area (Å²) in [6.07, 6.45) is 5.14. The average Bonchev–Trinajstić information content (AvgIpc) is 2.76. The Morgan fingerprint density at radius 1 is 1.35 bits per heavy atom. The topological polar surface area (TPSA) is 30.9 Å². The molecule has 2 aliphatic heterocycles. The fourth-order valence-corrected chi connectivity index (χ4v) is 2.83. The lowest BCUT2D eigenvalue weighted by atomic mass is 10.2. The van der Waals surface area contributed by atoms with Gasteiger partial charge in [0, 0.05) is 32.7 Å². The van der Waals surface area contributed by atoms with Gasteiger partial charge in [-0.25, -0.2) is 0 Å². The maximum atomic E-state index is 4.56. The average molecular weight is 238 g/mol. The zero-order valence-electron chi connectivity index (χ0n) is 11.3. The molecule has 0 bridgehead atoms. The molecule has 0 aromatic carbocycles. The van der Waals surface area contributed by atoms with Crippen molar-refractivity contribution in [1.82, 2.24) is 15.1 Å². The number of rotatable bonds is 4. The summed E-state index contributed by atoms with van der Waals surface area (Å²) in [6.45, 7) is 7.97. The molecule has 0 aliphatic carbocycles. The SMILES string of the molecule is CCCN1CCC[C@H]1CNC1=NCCCN1C. The zero-order chi connectivity index (χ0) is 12.1. The van der Waals surface area contributed by atoms with Crippen molar-refractivity contribution in [3.63, 3.8) is 0 Å². The Balaban J connectivity index is 1.79. The number of nitrogens with one attached hydrogen (secondary N) is 1. The molecule has 0 amide bonds. The first-order valence-corrected chi connectivity index (χ1v) is 7.04. The lowest BCUT2D eigenvalue weighted by molar-refractivity contribution is 0.252. The van der Waals surface area contributed by atoms with Gasteiger partial charge < -0.3 is 10.2 Å². The molecule has 1 atom stereocenters. The predicted molar refractivity (Wildman–Crippen MR) is 72.4 cm³/mol. The van der Waals surface area contributed by atoms with E-state index in [0.717, 1.165) is 25.6 Å². The van der Waals surface area contributed by atoms with Gasteiger partial charge in [0.2, 0.25) is 0 Å². The van der Waals surface area contributed by atoms with Gasteiger partial charge in [0.15, 0.2) is 5.96 Å². The highest BCUT2D eigenvalue weighted by Gasteiger charge is 2.24. The molecule has 1 saturated heterocycles. The lowest BCUT2D eigenvalue weighted by Gasteiger charge is -2.29. The summed E-state index contributed by atoms with van der Waals surface area (Å²) >= 11 is 0. The monoisotopic (exact) mass is 238 g/mol. The van der Waals surface area contributed by atoms with Crippen LogP contribution in [0.25, 0.3) is 0 Å². The number of aliphatic imine (C=N–C) groups is 1. The molecule has 4 heteroatoms. The van der Waals surface area contributed by atoms with Gasteiger partial charge in [-0.15, -0.1) is 0 Å². The molecule has 1 fully saturated rings. The van der Waals surface area contributed by atoms with Gasteiger partial charge in [-0.3, -0.25) is 9.89 Å². The fourth-order valence-electron chi connectivity index (χ4n) is 2.83. The Hall–Kier alpha value is -0.770. The highest BCUT2D eigenvalue weighted by atomic mass is 15.3. The largest absolute Gasteiger partial charge is 0.355 e. The van der Waals surface area contributed by atoms with E-state index in [1.54, 1.807) is 0 Å². The maximum absolute atomic E-state index is 4.56. The number of hydrogen-bond donors (Lipinski definition) is 1. The minimum atomic E-state index is 0.716. The van der Waals surface area contributed by atoms with Crippen LogP contribution in [0.2, 0.25) is 0 Å². The first kappa shape index (κ1) is 12.7. The van der Waals surface area contributed by atoms with E-state index in [-0.39, 0.29) is 0 Å². The minimum Gasteiger partial charge on any atom is -0.355 e. The molecule has 0 aromatic heterocycles. The molecule has 0 unspecified atom stereocenters. The number of likely N-dealkylation sites (tertiary alicyclic amines) is 1. The van der Waals surface area contributed by atoms with Crippen LogP contribution in [0.15, 0.2) is 4.99 Å². The van der Waals surface area contributed by atoms with Crippen LogP contribution in [0.3, 0.4) is 0 Å². The van der Waals surface area contributed by atoms with Crippen LogP contribution in [-0.4, -0.2) is 61.6 Å². The van der Waals surface area contributed by atoms with Crippen molar-refractivity contribution in [2.75, 3.05) is 39.8 Å². The van der Waals surface area contributed by atoms with Crippen molar-refractivity contribution in [3.05, 3.63) is 0 Å². The second kappa shape index (κ2) is 6.24. The van der Waals surface area contributed by atoms with E-state index in [1.807, 2.05) is 0 Å². The molecule has 0 aromatic rings. The van der Waals surface area contributed by atoms with E-state index >= 15 is 0 Å². The van der Waals surface area contributed by atoms with E-state index in [4.69, 9.17) is 0 Å². The van der Waals surface area contributed by atoms with Crippen LogP contribution >= 0.6 is 0 Å². The summed E-state index contributed by atoms with van der Waals surface area (Å²) in [5.41, 5.74) is 0. The van der Waals surface area contributed by atoms with Gasteiger partial charge in [-0.2, -0.15) is 0 Å². The van der Waals surface area contributed by atoms with Crippen molar-refractivity contribution in [3.8, 4) is 0 Å². The highest BCUT2D eigenvalue weighted by Crippen LogP contribution is 2.16. The fraction of sp³-hybridized carbons (Fsp3) is 0.923. The van der Waals surface area contributed by atoms with Gasteiger partial charge >= 0.3 is 0 Å². The first-order valence-electron chi connectivity index (χ1n) is 7.04. The molecule has 2 aliphatic rings. The Morgan fingerprint density at radius 3 is 3.00 bits per heavy atom. The van der Waals surface area contributed by atoms with Gasteiger partial charge in [0.1, 0.15) is 0 Å². The maximum Gasteiger partial charge on any atom is 0.193 e. The highest BCUT2D eigenvalue weighted by molar-refractivity contribution is 5.80. The predicted octanol–water partition coefficient (Wildman–Crippen LogP) is 1.14. The third-order valence-electron chi connectivity index (χ3n) is 3.78. The molecule has 1 N–H and O–H groups in total. The second-order valence-electron chi connectivity index (χ2n) is 5.19. The minimum absolute atomic E-state index is 0.716. The van der Waals surface area contributed by atoms with Gasteiger partial charge in [0.05, 0.1) is 0 Å². The normalized spacial score (nSPS) is 26.1. The van der Waals surface area contributed by atoms with Gasteiger partial charge in [-0.1, -0.05) is 6.92 Å². The first-order chi connectivity index (χ1) is 8.31. The third-order valence-corrected chi connectivity index (χ3v) is 3.78. The molecule has 4 nitrogen and oxygen atoms in total. The summed E-state index contributed by atoms with van der Waals surface area (Å²) in [6, 6.07) is 0.716. The molecule has 17 heavy (non-hydrogen) atoms. The number of hydrogen-bond acceptors (Lipinski definition) is 4. The van der Waals surface area contributed by atoms with E-state index in [1.165, 1.54) is 38.8 Å². The molecule has 2 rings (SSSR count). The second-order valence-corrected chi connectivity index (χ2v) is 5.19. The van der Waals surface area contributed by atoms with Crippen LogP contribution in [0.5, 0.6) is 0 Å². The summed E-state index contributed by atoms with van der Waals surface area (Å²) in [5, 5.41) is 3.54. The molecular formula is C13H26N4. The quantitative estimate of drug-likeness (QED) is 0.797. The summed E-state index contributed by atoms with van der Waals surface area (Å²) in [5.74, 6) is 1.10. The lowest BCUT2D eigenvalue weighted by Crippen LogP contribution is -2.47. The van der Waals surface area contributed by atoms with E-state index in [0.29, 0.717) is 6.04 Å². The molecule has 0 radical (unpaired) electrons. The standard InChI is InChI=1S/C13H26N4/c1-3-8-17-10-4-6-12(17)11-15-13-14-7-5-9-16(13)2/h12H,3-11H2,1-2H3,(H,14,15)/t12-/m0/s1. The Kier molecular flexibility index (Phi) is 4.66. The van der Waals surface area contributed by atoms with Crippen molar-refractivity contribution >= 4 is 5.96 Å². The zero-order valence-corrected chi connectivity index (χ0v) is 11.3. The van der Waals surface area contributed by atoms with Crippen LogP contribution in [0.1, 0.15) is 32.6 Å². The Morgan fingerprint density at radius 2 is 2.24 bits per heavy atom. The van der Waals surface area contributed by atoms with E-state index < -0.39 is 0 Å². The number of guanidine groups is 1. The van der Waals surface area contributed by atoms with E-state index in [2.05, 4.69) is 34.1 Å². The van der Waals surface area contributed by atoms with Crippen molar-refractivity contribution in [1.29, 1.82) is 0 Å². The third kappa shape index (κ3) is 3.35. The molecule has 98 valence electrons. The van der Waals surface area contributed by atoms with Gasteiger partial charge in [-0.05, 0) is 38.8 Å². The van der Waals surface area contributed by atoms with Crippen molar-refractivity contribution < 1.29 is 0 Å². The summed E-state index contributed by atoms with van der Waals surface area (Å²) in [7, 11) is 2.13. The molecule has 0 spiro atoms. The van der Waals surface area contributed by atoms with Crippen LogP contribution in [0, 0.1) is 0 Å². The number of nitrogens with zero attached hydrogens (tertiary/aromatic N) is 3. The smallest absolute Gasteiger partial charge is 0.193 e. The van der Waals surface area contributed by atoms with Gasteiger partial charge in [0.25, 0.3) is 0 Å².